The third-order valence-electron chi connectivity index (χ3n) is 6.59. The number of hydrogen-bond acceptors (Lipinski definition) is 2. The molecule has 0 aromatic rings. The van der Waals surface area contributed by atoms with Gasteiger partial charge in [0.05, 0.1) is 12.6 Å². The lowest BCUT2D eigenvalue weighted by molar-refractivity contribution is -0.156. The van der Waals surface area contributed by atoms with Crippen molar-refractivity contribution < 1.29 is 4.74 Å². The first-order valence-corrected chi connectivity index (χ1v) is 8.46. The highest BCUT2D eigenvalue weighted by atomic mass is 16.5. The van der Waals surface area contributed by atoms with Crippen molar-refractivity contribution in [1.82, 2.24) is 5.32 Å². The molecule has 2 nitrogen and oxygen atoms in total. The number of ether oxygens (including phenoxy) is 1. The minimum atomic E-state index is 0.451. The van der Waals surface area contributed by atoms with Crippen LogP contribution >= 0.6 is 0 Å². The monoisotopic (exact) mass is 275 g/mol. The highest BCUT2D eigenvalue weighted by molar-refractivity contribution is 5.20. The normalized spacial score (nSPS) is 51.0. The maximum absolute atomic E-state index is 5.96. The maximum atomic E-state index is 5.96. The van der Waals surface area contributed by atoms with Gasteiger partial charge in [0.1, 0.15) is 5.76 Å². The summed E-state index contributed by atoms with van der Waals surface area (Å²) in [6.07, 6.45) is 12.1. The van der Waals surface area contributed by atoms with Crippen molar-refractivity contribution in [2.24, 2.45) is 22.2 Å². The molecule has 5 aliphatic rings. The summed E-state index contributed by atoms with van der Waals surface area (Å²) in [5.41, 5.74) is 1.62. The molecule has 4 aliphatic carbocycles. The zero-order valence-electron chi connectivity index (χ0n) is 13.3. The Balaban J connectivity index is 1.72. The van der Waals surface area contributed by atoms with E-state index in [-0.39, 0.29) is 0 Å². The van der Waals surface area contributed by atoms with Crippen LogP contribution in [0.2, 0.25) is 0 Å². The molecule has 4 saturated carbocycles. The third-order valence-corrected chi connectivity index (χ3v) is 6.59. The molecule has 4 fully saturated rings. The van der Waals surface area contributed by atoms with Crippen molar-refractivity contribution in [2.75, 3.05) is 13.7 Å². The van der Waals surface area contributed by atoms with Crippen LogP contribution in [-0.4, -0.2) is 19.7 Å². The van der Waals surface area contributed by atoms with Crippen molar-refractivity contribution in [1.29, 1.82) is 0 Å². The van der Waals surface area contributed by atoms with Gasteiger partial charge in [0.2, 0.25) is 0 Å². The van der Waals surface area contributed by atoms with Crippen LogP contribution in [0.3, 0.4) is 0 Å². The highest BCUT2D eigenvalue weighted by Gasteiger charge is 2.62. The summed E-state index contributed by atoms with van der Waals surface area (Å²) >= 11 is 0. The van der Waals surface area contributed by atoms with Gasteiger partial charge < -0.3 is 10.1 Å². The molecule has 1 N–H and O–H groups in total. The summed E-state index contributed by atoms with van der Waals surface area (Å²) in [6.45, 7) is 6.00. The predicted octanol–water partition coefficient (Wildman–Crippen LogP) is 3.88. The smallest absolute Gasteiger partial charge is 0.110 e. The second kappa shape index (κ2) is 4.03. The van der Waals surface area contributed by atoms with Crippen LogP contribution in [0.4, 0.5) is 0 Å². The van der Waals surface area contributed by atoms with Crippen molar-refractivity contribution >= 4 is 0 Å². The Labute approximate surface area is 123 Å². The molecule has 0 radical (unpaired) electrons. The third kappa shape index (κ3) is 1.80. The first-order valence-electron chi connectivity index (χ1n) is 8.46. The quantitative estimate of drug-likeness (QED) is 0.844. The molecule has 2 heteroatoms. The average molecular weight is 275 g/mol. The van der Waals surface area contributed by atoms with Crippen LogP contribution in [0.1, 0.15) is 58.8 Å². The topological polar surface area (TPSA) is 21.3 Å². The van der Waals surface area contributed by atoms with Gasteiger partial charge in [0.25, 0.3) is 0 Å². The number of hydrogen-bond donors (Lipinski definition) is 1. The fourth-order valence-electron chi connectivity index (χ4n) is 7.25. The minimum absolute atomic E-state index is 0.451. The zero-order valence-corrected chi connectivity index (χ0v) is 13.3. The lowest BCUT2D eigenvalue weighted by atomic mass is 9.39. The molecule has 20 heavy (non-hydrogen) atoms. The highest BCUT2D eigenvalue weighted by Crippen LogP contribution is 2.70. The number of nitrogens with one attached hydrogen (secondary N) is 1. The van der Waals surface area contributed by atoms with Gasteiger partial charge >= 0.3 is 0 Å². The van der Waals surface area contributed by atoms with Gasteiger partial charge in [-0.05, 0) is 73.8 Å². The Hall–Kier alpha value is -0.500. The van der Waals surface area contributed by atoms with E-state index < -0.39 is 0 Å². The van der Waals surface area contributed by atoms with E-state index >= 15 is 0 Å². The van der Waals surface area contributed by atoms with Gasteiger partial charge in [-0.3, -0.25) is 0 Å². The molecule has 0 saturated heterocycles. The number of rotatable bonds is 3. The summed E-state index contributed by atoms with van der Waals surface area (Å²) in [4.78, 5) is 0. The van der Waals surface area contributed by atoms with Crippen LogP contribution in [0.5, 0.6) is 0 Å². The minimum Gasteiger partial charge on any atom is -0.496 e. The molecule has 5 rings (SSSR count). The Morgan fingerprint density at radius 1 is 1.15 bits per heavy atom. The van der Waals surface area contributed by atoms with E-state index in [1.54, 1.807) is 0 Å². The van der Waals surface area contributed by atoms with Gasteiger partial charge in [0, 0.05) is 6.42 Å². The standard InChI is InChI=1S/C18H29NO/c1-16-7-13-8-17(2,10-16)12-18(9-13,11-16)15(19-3)14-5-4-6-20-14/h5,13,15,19H,4,6-12H2,1-3H3. The Morgan fingerprint density at radius 3 is 2.35 bits per heavy atom. The lowest BCUT2D eigenvalue weighted by Gasteiger charge is -2.67. The molecule has 3 atom stereocenters. The maximum Gasteiger partial charge on any atom is 0.110 e. The molecular weight excluding hydrogens is 246 g/mol. The van der Waals surface area contributed by atoms with Crippen molar-refractivity contribution in [2.45, 2.75) is 64.8 Å². The summed E-state index contributed by atoms with van der Waals surface area (Å²) in [6, 6.07) is 0.451. The summed E-state index contributed by atoms with van der Waals surface area (Å²) in [7, 11) is 2.14. The fourth-order valence-corrected chi connectivity index (χ4v) is 7.25. The second-order valence-corrected chi connectivity index (χ2v) is 8.96. The van der Waals surface area contributed by atoms with Crippen molar-refractivity contribution in [3.05, 3.63) is 11.8 Å². The van der Waals surface area contributed by atoms with Gasteiger partial charge in [-0.15, -0.1) is 0 Å². The molecule has 3 unspecified atom stereocenters. The summed E-state index contributed by atoms with van der Waals surface area (Å²) in [5.74, 6) is 2.21. The second-order valence-electron chi connectivity index (χ2n) is 8.96. The van der Waals surface area contributed by atoms with Crippen molar-refractivity contribution in [3.8, 4) is 0 Å². The Bertz CT molecular complexity index is 436. The van der Waals surface area contributed by atoms with Gasteiger partial charge in [0.15, 0.2) is 0 Å². The number of likely N-dealkylation sites (N-methyl/N-ethyl adjacent to an activating group) is 1. The first-order chi connectivity index (χ1) is 9.46. The van der Waals surface area contributed by atoms with E-state index in [1.807, 2.05) is 0 Å². The van der Waals surface area contributed by atoms with Crippen LogP contribution in [0.25, 0.3) is 0 Å². The fraction of sp³-hybridized carbons (Fsp3) is 0.889. The predicted molar refractivity (Wildman–Crippen MR) is 81.3 cm³/mol. The van der Waals surface area contributed by atoms with E-state index in [1.165, 1.54) is 44.3 Å². The average Bonchev–Trinajstić information content (AvgIpc) is 2.77. The lowest BCUT2D eigenvalue weighted by Crippen LogP contribution is -2.61. The molecular formula is C18H29NO. The SMILES string of the molecule is CNC(C1=CCCO1)C12CC3CC(C)(CC(C)(C3)C1)C2. The Kier molecular flexibility index (Phi) is 2.66. The summed E-state index contributed by atoms with van der Waals surface area (Å²) < 4.78 is 5.96. The Morgan fingerprint density at radius 2 is 1.85 bits per heavy atom. The van der Waals surface area contributed by atoms with Gasteiger partial charge in [-0.2, -0.15) is 0 Å². The zero-order chi connectivity index (χ0) is 14.0. The molecule has 112 valence electrons. The largest absolute Gasteiger partial charge is 0.496 e. The molecule has 0 aromatic heterocycles. The molecule has 1 aliphatic heterocycles. The van der Waals surface area contributed by atoms with E-state index in [0.29, 0.717) is 22.3 Å². The van der Waals surface area contributed by atoms with Crippen LogP contribution < -0.4 is 5.32 Å². The van der Waals surface area contributed by atoms with E-state index in [2.05, 4.69) is 32.3 Å². The van der Waals surface area contributed by atoms with E-state index in [4.69, 9.17) is 4.74 Å². The molecule has 4 bridgehead atoms. The van der Waals surface area contributed by atoms with Gasteiger partial charge in [-0.25, -0.2) is 0 Å². The molecule has 0 amide bonds. The van der Waals surface area contributed by atoms with Crippen LogP contribution in [0.15, 0.2) is 11.8 Å². The van der Waals surface area contributed by atoms with Crippen LogP contribution in [0, 0.1) is 22.2 Å². The van der Waals surface area contributed by atoms with Crippen LogP contribution in [-0.2, 0) is 4.74 Å². The van der Waals surface area contributed by atoms with E-state index in [0.717, 1.165) is 18.9 Å². The first kappa shape index (κ1) is 13.2. The molecule has 0 aromatic carbocycles. The summed E-state index contributed by atoms with van der Waals surface area (Å²) in [5, 5.41) is 3.64. The molecule has 1 heterocycles. The van der Waals surface area contributed by atoms with Gasteiger partial charge in [-0.1, -0.05) is 13.8 Å². The van der Waals surface area contributed by atoms with E-state index in [9.17, 15) is 0 Å². The molecule has 0 spiro atoms. The van der Waals surface area contributed by atoms with Crippen molar-refractivity contribution in [3.63, 3.8) is 0 Å².